The number of hydrogen-bond acceptors (Lipinski definition) is 4. The van der Waals surface area contributed by atoms with Gasteiger partial charge in [0.05, 0.1) is 5.75 Å². The van der Waals surface area contributed by atoms with E-state index >= 15 is 0 Å². The lowest BCUT2D eigenvalue weighted by atomic mass is 10.7. The smallest absolute Gasteiger partial charge is 0.242 e. The van der Waals surface area contributed by atoms with E-state index < -0.39 is 10.0 Å². The van der Waals surface area contributed by atoms with Gasteiger partial charge in [-0.05, 0) is 11.8 Å². The van der Waals surface area contributed by atoms with E-state index in [-0.39, 0.29) is 5.75 Å². The highest BCUT2D eigenvalue weighted by Gasteiger charge is 2.05. The van der Waals surface area contributed by atoms with E-state index in [1.165, 1.54) is 6.92 Å². The fraction of sp³-hybridized carbons (Fsp3) is 1.00. The highest BCUT2D eigenvalue weighted by atomic mass is 32.2. The maximum absolute atomic E-state index is 10.6. The summed E-state index contributed by atoms with van der Waals surface area (Å²) >= 11 is 0. The summed E-state index contributed by atoms with van der Waals surface area (Å²) in [7, 11) is -3.23. The molecule has 0 aromatic heterocycles. The largest absolute Gasteiger partial charge is 0.329 e. The molecule has 0 unspecified atom stereocenters. The first kappa shape index (κ1) is 9.83. The van der Waals surface area contributed by atoms with E-state index in [0.29, 0.717) is 13.1 Å². The molecule has 0 aliphatic rings. The van der Waals surface area contributed by atoms with Crippen molar-refractivity contribution in [3.8, 4) is 0 Å². The lowest BCUT2D eigenvalue weighted by Crippen LogP contribution is -2.34. The molecule has 0 saturated heterocycles. The van der Waals surface area contributed by atoms with Gasteiger partial charge in [0.1, 0.15) is 0 Å². The summed E-state index contributed by atoms with van der Waals surface area (Å²) in [6, 6.07) is 0. The van der Waals surface area contributed by atoms with Crippen molar-refractivity contribution in [1.82, 2.24) is 10.3 Å². The van der Waals surface area contributed by atoms with Crippen LogP contribution in [0.2, 0.25) is 0 Å². The van der Waals surface area contributed by atoms with Crippen LogP contribution < -0.4 is 16.0 Å². The van der Waals surface area contributed by atoms with Gasteiger partial charge in [-0.3, -0.25) is 0 Å². The third kappa shape index (κ3) is 4.68. The Bertz CT molecular complexity index is 165. The molecule has 0 rings (SSSR count). The average Bonchev–Trinajstić information content (AvgIpc) is 1.89. The molecule has 0 aromatic rings. The summed E-state index contributed by atoms with van der Waals surface area (Å²) in [5, 5.41) is 0. The van der Waals surface area contributed by atoms with Crippen LogP contribution in [-0.2, 0) is 10.0 Å². The monoisotopic (exact) mass is 166 g/mol. The molecule has 0 amide bonds. The van der Waals surface area contributed by atoms with Crippen molar-refractivity contribution >= 4 is 10.0 Å². The Labute approximate surface area is 61.0 Å². The van der Waals surface area contributed by atoms with Gasteiger partial charge in [-0.2, -0.15) is 0 Å². The van der Waals surface area contributed by atoms with Crippen molar-refractivity contribution < 1.29 is 8.42 Å². The third-order valence-electron chi connectivity index (χ3n) is 0.825. The van der Waals surface area contributed by atoms with E-state index in [1.807, 2.05) is 0 Å². The highest BCUT2D eigenvalue weighted by Crippen LogP contribution is 1.79. The predicted molar refractivity (Wildman–Crippen MR) is 38.7 cm³/mol. The van der Waals surface area contributed by atoms with Crippen LogP contribution in [0.15, 0.2) is 0 Å². The van der Waals surface area contributed by atoms with Gasteiger partial charge in [0.25, 0.3) is 0 Å². The van der Waals surface area contributed by atoms with Crippen LogP contribution in [-0.4, -0.2) is 27.3 Å². The summed E-state index contributed by atoms with van der Waals surface area (Å²) < 4.78 is 21.2. The van der Waals surface area contributed by atoms with Gasteiger partial charge in [-0.1, -0.05) is 0 Å². The molecule has 10 heavy (non-hydrogen) atoms. The molecule has 0 bridgehead atoms. The number of hydrogen-bond donors (Lipinski definition) is 2. The molecule has 0 saturated carbocycles. The molecule has 6 heteroatoms. The van der Waals surface area contributed by atoms with Gasteiger partial charge in [-0.15, -0.1) is 0 Å². The van der Waals surface area contributed by atoms with Crippen molar-refractivity contribution in [2.45, 2.75) is 6.92 Å². The van der Waals surface area contributed by atoms with Gasteiger partial charge >= 0.3 is 0 Å². The second-order valence-electron chi connectivity index (χ2n) is 1.66. The molecule has 61 valence electrons. The average molecular weight is 166 g/mol. The second-order valence-corrected chi connectivity index (χ2v) is 3.58. The molecule has 0 aliphatic heterocycles. The molecule has 0 fully saturated rings. The summed E-state index contributed by atoms with van der Waals surface area (Å²) in [6.45, 7) is 2.30. The maximum Gasteiger partial charge on any atom is 0.242 e. The Morgan fingerprint density at radius 1 is 1.60 bits per heavy atom. The summed E-state index contributed by atoms with van der Waals surface area (Å²) in [6.07, 6.45) is 0. The first-order chi connectivity index (χ1) is 4.62. The van der Waals surface area contributed by atoms with Gasteiger partial charge in [0.15, 0.2) is 0 Å². The topological polar surface area (TPSA) is 86.3 Å². The van der Waals surface area contributed by atoms with Gasteiger partial charge in [0.2, 0.25) is 10.0 Å². The van der Waals surface area contributed by atoms with Crippen molar-refractivity contribution in [3.63, 3.8) is 0 Å². The Hall–Kier alpha value is -0.170. The molecule has 5 nitrogen and oxygen atoms in total. The predicted octanol–water partition coefficient (Wildman–Crippen LogP) is -1.60. The maximum atomic E-state index is 10.6. The van der Waals surface area contributed by atoms with Crippen LogP contribution in [0.25, 0.3) is 0 Å². The number of nitrogens with two attached hydrogens (primary N) is 1. The van der Waals surface area contributed by atoms with Crippen LogP contribution in [0.5, 0.6) is 0 Å². The van der Waals surface area contributed by atoms with Crippen LogP contribution in [0.4, 0.5) is 0 Å². The number of nitrogens with zero attached hydrogens (tertiary/aromatic N) is 1. The number of sulfonamides is 1. The molecule has 0 heterocycles. The van der Waals surface area contributed by atoms with E-state index in [0.717, 1.165) is 0 Å². The quantitative estimate of drug-likeness (QED) is 0.380. The zero-order valence-corrected chi connectivity index (χ0v) is 6.69. The minimum Gasteiger partial charge on any atom is -0.329 e. The summed E-state index contributed by atoms with van der Waals surface area (Å²) in [5.41, 5.74) is 7.42. The molecule has 0 atom stereocenters. The van der Waals surface area contributed by atoms with Crippen molar-refractivity contribution in [3.05, 3.63) is 0 Å². The van der Waals surface area contributed by atoms with Crippen LogP contribution in [0.1, 0.15) is 6.92 Å². The molecule has 0 aromatic carbocycles. The fourth-order valence-electron chi connectivity index (χ4n) is 0.273. The van der Waals surface area contributed by atoms with Gasteiger partial charge in [-0.25, -0.2) is 13.8 Å². The Balaban J connectivity index is 3.49. The molecule has 1 radical (unpaired) electrons. The summed E-state index contributed by atoms with van der Waals surface area (Å²) in [4.78, 5) is 3.21. The lowest BCUT2D eigenvalue weighted by molar-refractivity contribution is 0.555. The van der Waals surface area contributed by atoms with Crippen LogP contribution in [0, 0.1) is 0 Å². The minimum absolute atomic E-state index is 0.0184. The zero-order chi connectivity index (χ0) is 8.04. The zero-order valence-electron chi connectivity index (χ0n) is 5.87. The number of rotatable bonds is 5. The van der Waals surface area contributed by atoms with Crippen molar-refractivity contribution in [1.29, 1.82) is 0 Å². The summed E-state index contributed by atoms with van der Waals surface area (Å²) in [5.74, 6) is 0.0184. The molecular weight excluding hydrogens is 154 g/mol. The Morgan fingerprint density at radius 3 is 2.60 bits per heavy atom. The van der Waals surface area contributed by atoms with E-state index in [1.54, 1.807) is 0 Å². The molecule has 0 spiro atoms. The van der Waals surface area contributed by atoms with Gasteiger partial charge in [0, 0.05) is 13.1 Å². The van der Waals surface area contributed by atoms with Crippen LogP contribution >= 0.6 is 0 Å². The minimum atomic E-state index is -3.23. The number of nitrogens with one attached hydrogen (secondary N) is 1. The van der Waals surface area contributed by atoms with E-state index in [9.17, 15) is 8.42 Å². The molecular formula is C4H12N3O2S. The normalized spacial score (nSPS) is 11.8. The highest BCUT2D eigenvalue weighted by molar-refractivity contribution is 7.89. The third-order valence-corrected chi connectivity index (χ3v) is 1.96. The fourth-order valence-corrected chi connectivity index (χ4v) is 0.690. The van der Waals surface area contributed by atoms with E-state index in [2.05, 4.69) is 10.3 Å². The lowest BCUT2D eigenvalue weighted by Gasteiger charge is -2.00. The van der Waals surface area contributed by atoms with Crippen molar-refractivity contribution in [2.75, 3.05) is 18.8 Å². The van der Waals surface area contributed by atoms with E-state index in [4.69, 9.17) is 5.73 Å². The van der Waals surface area contributed by atoms with Crippen molar-refractivity contribution in [2.24, 2.45) is 5.73 Å². The first-order valence-corrected chi connectivity index (χ1v) is 4.61. The Kier molecular flexibility index (Phi) is 4.54. The second kappa shape index (κ2) is 4.62. The SMILES string of the molecule is CCS(=O)(=O)[N]NCCN. The standard InChI is InChI=1S/C4H12N3O2S/c1-2-10(8,9)7-6-4-3-5/h6H,2-5H2,1H3. The molecule has 0 aliphatic carbocycles. The van der Waals surface area contributed by atoms with Crippen LogP contribution in [0.3, 0.4) is 0 Å². The first-order valence-electron chi connectivity index (χ1n) is 3.00. The van der Waals surface area contributed by atoms with Gasteiger partial charge < -0.3 is 5.73 Å². The Morgan fingerprint density at radius 2 is 2.20 bits per heavy atom. The molecule has 3 N–H and O–H groups in total.